The van der Waals surface area contributed by atoms with Crippen molar-refractivity contribution in [2.75, 3.05) is 30.4 Å². The highest BCUT2D eigenvalue weighted by Crippen LogP contribution is 2.53. The van der Waals surface area contributed by atoms with E-state index >= 15 is 0 Å². The molecule has 6 rings (SSSR count). The average molecular weight is 353 g/mol. The van der Waals surface area contributed by atoms with E-state index in [1.165, 1.54) is 31.4 Å². The maximum Gasteiger partial charge on any atom is 0.227 e. The second-order valence-electron chi connectivity index (χ2n) is 8.38. The van der Waals surface area contributed by atoms with Crippen LogP contribution in [0.4, 0.5) is 17.6 Å². The zero-order valence-corrected chi connectivity index (χ0v) is 15.5. The first kappa shape index (κ1) is 16.1. The molecule has 2 saturated carbocycles. The van der Waals surface area contributed by atoms with E-state index in [1.54, 1.807) is 0 Å². The number of anilines is 3. The summed E-state index contributed by atoms with van der Waals surface area (Å²) in [6.45, 7) is 4.40. The van der Waals surface area contributed by atoms with Gasteiger partial charge in [-0.15, -0.1) is 0 Å². The van der Waals surface area contributed by atoms with Crippen molar-refractivity contribution in [1.29, 1.82) is 0 Å². The summed E-state index contributed by atoms with van der Waals surface area (Å²) < 4.78 is 0. The molecule has 0 radical (unpaired) electrons. The van der Waals surface area contributed by atoms with Crippen molar-refractivity contribution in [2.45, 2.75) is 44.6 Å². The van der Waals surface area contributed by atoms with E-state index in [4.69, 9.17) is 4.98 Å². The first-order chi connectivity index (χ1) is 12.6. The molecule has 7 nitrogen and oxygen atoms in total. The molecule has 0 unspecified atom stereocenters. The van der Waals surface area contributed by atoms with Gasteiger partial charge in [0.25, 0.3) is 0 Å². The lowest BCUT2D eigenvalue weighted by atomic mass is 9.55. The number of nitrogens with one attached hydrogen (secondary N) is 3. The topological polar surface area (TPSA) is 81.8 Å². The van der Waals surface area contributed by atoms with E-state index in [1.807, 2.05) is 12.3 Å². The minimum Gasteiger partial charge on any atom is -0.340 e. The Morgan fingerprint density at radius 3 is 2.92 bits per heavy atom. The van der Waals surface area contributed by atoms with E-state index in [0.29, 0.717) is 17.4 Å². The van der Waals surface area contributed by atoms with E-state index in [2.05, 4.69) is 50.8 Å². The lowest BCUT2D eigenvalue weighted by Crippen LogP contribution is -2.63. The summed E-state index contributed by atoms with van der Waals surface area (Å²) in [5.74, 6) is 3.90. The number of hydrogen-bond donors (Lipinski definition) is 3. The van der Waals surface area contributed by atoms with E-state index < -0.39 is 0 Å². The van der Waals surface area contributed by atoms with Gasteiger partial charge >= 0.3 is 0 Å². The maximum absolute atomic E-state index is 4.76. The van der Waals surface area contributed by atoms with Crippen LogP contribution >= 0.6 is 0 Å². The Bertz CT molecular complexity index is 791. The molecule has 4 heterocycles. The van der Waals surface area contributed by atoms with Gasteiger partial charge in [0.05, 0.1) is 0 Å². The normalized spacial score (nSPS) is 28.5. The van der Waals surface area contributed by atoms with Gasteiger partial charge < -0.3 is 15.5 Å². The fourth-order valence-electron chi connectivity index (χ4n) is 4.76. The molecule has 2 aromatic heterocycles. The molecule has 26 heavy (non-hydrogen) atoms. The maximum atomic E-state index is 4.76. The molecule has 0 amide bonds. The minimum atomic E-state index is 0.367. The summed E-state index contributed by atoms with van der Waals surface area (Å²) in [6.07, 6.45) is 7.01. The van der Waals surface area contributed by atoms with E-state index in [-0.39, 0.29) is 0 Å². The Labute approximate surface area is 154 Å². The molecule has 2 aliphatic carbocycles. The van der Waals surface area contributed by atoms with Crippen molar-refractivity contribution in [1.82, 2.24) is 25.5 Å². The van der Waals surface area contributed by atoms with Crippen molar-refractivity contribution in [3.63, 3.8) is 0 Å². The van der Waals surface area contributed by atoms with Gasteiger partial charge in [0, 0.05) is 48.4 Å². The predicted molar refractivity (Wildman–Crippen MR) is 102 cm³/mol. The van der Waals surface area contributed by atoms with Crippen molar-refractivity contribution < 1.29 is 0 Å². The minimum absolute atomic E-state index is 0.367. The SMILES string of the molecule is CN[C@@H](C)C12CC(CN(c3nccc(Nc4cc(C5CC5)[nH]n4)n3)C1)C2. The molecule has 4 aliphatic rings. The zero-order valence-electron chi connectivity index (χ0n) is 15.5. The first-order valence-electron chi connectivity index (χ1n) is 9.73. The van der Waals surface area contributed by atoms with Crippen LogP contribution in [-0.2, 0) is 0 Å². The highest BCUT2D eigenvalue weighted by molar-refractivity contribution is 5.54. The van der Waals surface area contributed by atoms with Crippen LogP contribution in [0.2, 0.25) is 0 Å². The van der Waals surface area contributed by atoms with Gasteiger partial charge in [0.15, 0.2) is 5.82 Å². The van der Waals surface area contributed by atoms with Crippen molar-refractivity contribution in [3.8, 4) is 0 Å². The Morgan fingerprint density at radius 2 is 2.15 bits per heavy atom. The highest BCUT2D eigenvalue weighted by atomic mass is 15.3. The summed E-state index contributed by atoms with van der Waals surface area (Å²) in [5, 5.41) is 14.3. The summed E-state index contributed by atoms with van der Waals surface area (Å²) >= 11 is 0. The van der Waals surface area contributed by atoms with Crippen molar-refractivity contribution >= 4 is 17.6 Å². The third-order valence-corrected chi connectivity index (χ3v) is 6.52. The van der Waals surface area contributed by atoms with Gasteiger partial charge in [-0.2, -0.15) is 10.1 Å². The molecule has 2 aliphatic heterocycles. The molecular weight excluding hydrogens is 326 g/mol. The summed E-state index contributed by atoms with van der Waals surface area (Å²) in [5.41, 5.74) is 1.59. The fraction of sp³-hybridized carbons (Fsp3) is 0.632. The predicted octanol–water partition coefficient (Wildman–Crippen LogP) is 2.65. The quantitative estimate of drug-likeness (QED) is 0.741. The lowest BCUT2D eigenvalue weighted by Gasteiger charge is -2.59. The number of nitrogens with zero attached hydrogens (tertiary/aromatic N) is 4. The second-order valence-corrected chi connectivity index (χ2v) is 8.38. The Morgan fingerprint density at radius 1 is 1.31 bits per heavy atom. The molecule has 0 aromatic carbocycles. The fourth-order valence-corrected chi connectivity index (χ4v) is 4.76. The number of aromatic nitrogens is 4. The van der Waals surface area contributed by atoms with Crippen LogP contribution in [-0.4, -0.2) is 46.3 Å². The van der Waals surface area contributed by atoms with Gasteiger partial charge in [-0.05, 0) is 51.6 Å². The van der Waals surface area contributed by atoms with Crippen LogP contribution in [0.25, 0.3) is 0 Å². The molecular formula is C19H27N7. The number of piperidine rings is 2. The molecule has 2 aromatic rings. The van der Waals surface area contributed by atoms with Gasteiger partial charge in [-0.3, -0.25) is 5.10 Å². The number of fused-ring (bicyclic) bond motifs is 2. The summed E-state index contributed by atoms with van der Waals surface area (Å²) in [6, 6.07) is 4.53. The molecule has 2 saturated heterocycles. The Hall–Kier alpha value is -2.15. The van der Waals surface area contributed by atoms with Gasteiger partial charge in [0.2, 0.25) is 5.95 Å². The standard InChI is InChI=1S/C19H27N7/c1-12(20-2)19-8-13(9-19)10-26(11-19)18-21-6-5-16(23-18)22-17-7-15(24-25-17)14-3-4-14/h5-7,12-14,20H,3-4,8-11H2,1-2H3,(H2,21,22,23,24,25)/t12-,13?,19?/m0/s1. The Balaban J connectivity index is 1.31. The molecule has 1 atom stereocenters. The lowest BCUT2D eigenvalue weighted by molar-refractivity contribution is 0.00143. The van der Waals surface area contributed by atoms with Crippen LogP contribution in [0.1, 0.15) is 44.2 Å². The largest absolute Gasteiger partial charge is 0.340 e. The van der Waals surface area contributed by atoms with E-state index in [0.717, 1.165) is 36.6 Å². The monoisotopic (exact) mass is 353 g/mol. The first-order valence-corrected chi connectivity index (χ1v) is 9.73. The molecule has 3 N–H and O–H groups in total. The summed E-state index contributed by atoms with van der Waals surface area (Å²) in [4.78, 5) is 11.7. The zero-order chi connectivity index (χ0) is 17.7. The molecule has 138 valence electrons. The third-order valence-electron chi connectivity index (χ3n) is 6.52. The van der Waals surface area contributed by atoms with Crippen molar-refractivity contribution in [2.24, 2.45) is 11.3 Å². The van der Waals surface area contributed by atoms with Crippen LogP contribution in [0, 0.1) is 11.3 Å². The summed E-state index contributed by atoms with van der Waals surface area (Å²) in [7, 11) is 2.06. The van der Waals surface area contributed by atoms with Gasteiger partial charge in [-0.25, -0.2) is 4.98 Å². The second kappa shape index (κ2) is 5.94. The number of H-pyrrole nitrogens is 1. The van der Waals surface area contributed by atoms with E-state index in [9.17, 15) is 0 Å². The van der Waals surface area contributed by atoms with Gasteiger partial charge in [-0.1, -0.05) is 0 Å². The Kier molecular flexibility index (Phi) is 3.67. The van der Waals surface area contributed by atoms with Crippen LogP contribution in [0.3, 0.4) is 0 Å². The number of rotatable bonds is 6. The average Bonchev–Trinajstić information content (AvgIpc) is 3.40. The van der Waals surface area contributed by atoms with Crippen LogP contribution in [0.5, 0.6) is 0 Å². The molecule has 0 spiro atoms. The molecule has 7 heteroatoms. The highest BCUT2D eigenvalue weighted by Gasteiger charge is 2.53. The number of hydrogen-bond acceptors (Lipinski definition) is 6. The molecule has 4 fully saturated rings. The van der Waals surface area contributed by atoms with Crippen LogP contribution < -0.4 is 15.5 Å². The van der Waals surface area contributed by atoms with Crippen LogP contribution in [0.15, 0.2) is 18.3 Å². The van der Waals surface area contributed by atoms with Gasteiger partial charge in [0.1, 0.15) is 5.82 Å². The van der Waals surface area contributed by atoms with Crippen molar-refractivity contribution in [3.05, 3.63) is 24.0 Å². The molecule has 2 bridgehead atoms. The third kappa shape index (κ3) is 2.74. The smallest absolute Gasteiger partial charge is 0.227 e. The number of aromatic amines is 1.